The van der Waals surface area contributed by atoms with E-state index in [0.29, 0.717) is 0 Å². The molecule has 1 nitrogen and oxygen atoms in total. The highest BCUT2D eigenvalue weighted by Crippen LogP contribution is 2.36. The van der Waals surface area contributed by atoms with Gasteiger partial charge in [-0.2, -0.15) is 0 Å². The maximum atomic E-state index is 4.51. The number of para-hydroxylation sites is 1. The minimum absolute atomic E-state index is 0.959. The van der Waals surface area contributed by atoms with Gasteiger partial charge in [0, 0.05) is 5.75 Å². The van der Waals surface area contributed by atoms with Gasteiger partial charge in [-0.25, -0.2) is 4.98 Å². The second-order valence-corrected chi connectivity index (χ2v) is 6.22. The van der Waals surface area contributed by atoms with Crippen LogP contribution in [0.3, 0.4) is 0 Å². The molecule has 0 aliphatic heterocycles. The average molecular weight is 239 g/mol. The van der Waals surface area contributed by atoms with Crippen molar-refractivity contribution in [1.82, 2.24) is 4.98 Å². The first kappa shape index (κ1) is 10.1. The van der Waals surface area contributed by atoms with E-state index >= 15 is 0 Å². The zero-order chi connectivity index (χ0) is 9.80. The third kappa shape index (κ3) is 2.32. The van der Waals surface area contributed by atoms with Crippen LogP contribution < -0.4 is 0 Å². The number of aromatic nitrogens is 1. The Kier molecular flexibility index (Phi) is 3.50. The topological polar surface area (TPSA) is 12.9 Å². The normalized spacial score (nSPS) is 10.6. The predicted octanol–water partition coefficient (Wildman–Crippen LogP) is 4.22. The summed E-state index contributed by atoms with van der Waals surface area (Å²) in [6.07, 6.45) is 1.91. The van der Waals surface area contributed by atoms with E-state index in [1.165, 1.54) is 4.70 Å². The number of nitrogens with zero attached hydrogens (tertiary/aromatic N) is 1. The number of rotatable bonds is 4. The molecular weight excluding hydrogens is 230 g/mol. The van der Waals surface area contributed by atoms with Gasteiger partial charge in [-0.05, 0) is 22.9 Å². The van der Waals surface area contributed by atoms with Crippen molar-refractivity contribution in [2.24, 2.45) is 0 Å². The highest BCUT2D eigenvalue weighted by atomic mass is 33.1. The molecule has 0 aliphatic rings. The fourth-order valence-corrected chi connectivity index (χ4v) is 4.17. The molecule has 0 saturated heterocycles. The van der Waals surface area contributed by atoms with Crippen LogP contribution in [0.1, 0.15) is 0 Å². The van der Waals surface area contributed by atoms with Gasteiger partial charge in [-0.15, -0.1) is 17.9 Å². The Labute approximate surface area is 95.0 Å². The molecule has 0 amide bonds. The van der Waals surface area contributed by atoms with Crippen molar-refractivity contribution in [2.45, 2.75) is 4.34 Å². The van der Waals surface area contributed by atoms with Crippen molar-refractivity contribution in [3.05, 3.63) is 36.9 Å². The number of hydrogen-bond donors (Lipinski definition) is 0. The van der Waals surface area contributed by atoms with Crippen LogP contribution in [0.15, 0.2) is 41.3 Å². The molecule has 0 atom stereocenters. The molecule has 2 aromatic rings. The van der Waals surface area contributed by atoms with Crippen LogP contribution in [0.25, 0.3) is 10.2 Å². The van der Waals surface area contributed by atoms with Gasteiger partial charge in [0.2, 0.25) is 0 Å². The van der Waals surface area contributed by atoms with Gasteiger partial charge in [-0.1, -0.05) is 29.0 Å². The quantitative estimate of drug-likeness (QED) is 0.450. The first-order valence-electron chi connectivity index (χ1n) is 4.16. The molecule has 0 fully saturated rings. The third-order valence-electron chi connectivity index (χ3n) is 1.59. The largest absolute Gasteiger partial charge is 0.229 e. The zero-order valence-corrected chi connectivity index (χ0v) is 9.92. The Bertz CT molecular complexity index is 403. The predicted molar refractivity (Wildman–Crippen MR) is 68.1 cm³/mol. The summed E-state index contributed by atoms with van der Waals surface area (Å²) in [6.45, 7) is 3.68. The fraction of sp³-hybridized carbons (Fsp3) is 0.100. The molecule has 1 aromatic carbocycles. The van der Waals surface area contributed by atoms with Gasteiger partial charge in [0.15, 0.2) is 4.34 Å². The maximum absolute atomic E-state index is 4.51. The highest BCUT2D eigenvalue weighted by molar-refractivity contribution is 8.77. The number of thiazole rings is 1. The summed E-state index contributed by atoms with van der Waals surface area (Å²) in [4.78, 5) is 4.51. The van der Waals surface area contributed by atoms with E-state index in [0.717, 1.165) is 15.6 Å². The monoisotopic (exact) mass is 239 g/mol. The van der Waals surface area contributed by atoms with Crippen molar-refractivity contribution in [3.63, 3.8) is 0 Å². The minimum Gasteiger partial charge on any atom is -0.229 e. The van der Waals surface area contributed by atoms with Gasteiger partial charge in [-0.3, -0.25) is 0 Å². The summed E-state index contributed by atoms with van der Waals surface area (Å²) >= 11 is 1.74. The first-order valence-corrected chi connectivity index (χ1v) is 7.29. The van der Waals surface area contributed by atoms with E-state index in [-0.39, 0.29) is 0 Å². The van der Waals surface area contributed by atoms with Gasteiger partial charge in [0.05, 0.1) is 10.2 Å². The lowest BCUT2D eigenvalue weighted by Crippen LogP contribution is -1.66. The Morgan fingerprint density at radius 3 is 3.07 bits per heavy atom. The van der Waals surface area contributed by atoms with Crippen molar-refractivity contribution in [1.29, 1.82) is 0 Å². The minimum atomic E-state index is 0.959. The second kappa shape index (κ2) is 4.87. The highest BCUT2D eigenvalue weighted by Gasteiger charge is 2.02. The van der Waals surface area contributed by atoms with Gasteiger partial charge >= 0.3 is 0 Å². The molecule has 1 heterocycles. The second-order valence-electron chi connectivity index (χ2n) is 2.60. The lowest BCUT2D eigenvalue weighted by molar-refractivity contribution is 1.31. The van der Waals surface area contributed by atoms with Crippen molar-refractivity contribution < 1.29 is 0 Å². The molecular formula is C10H9NS3. The first-order chi connectivity index (χ1) is 6.90. The fourth-order valence-electron chi connectivity index (χ4n) is 1.02. The van der Waals surface area contributed by atoms with E-state index in [2.05, 4.69) is 17.6 Å². The van der Waals surface area contributed by atoms with Gasteiger partial charge in [0.1, 0.15) is 0 Å². The Morgan fingerprint density at radius 2 is 2.29 bits per heavy atom. The zero-order valence-electron chi connectivity index (χ0n) is 7.47. The van der Waals surface area contributed by atoms with Crippen LogP contribution in [0.4, 0.5) is 0 Å². The molecule has 0 N–H and O–H groups in total. The van der Waals surface area contributed by atoms with Crippen molar-refractivity contribution in [2.75, 3.05) is 5.75 Å². The van der Waals surface area contributed by atoms with E-state index in [1.54, 1.807) is 32.9 Å². The molecule has 0 aliphatic carbocycles. The van der Waals surface area contributed by atoms with Gasteiger partial charge < -0.3 is 0 Å². The van der Waals surface area contributed by atoms with Crippen molar-refractivity contribution in [3.8, 4) is 0 Å². The van der Waals surface area contributed by atoms with Gasteiger partial charge in [0.25, 0.3) is 0 Å². The third-order valence-corrected chi connectivity index (χ3v) is 5.20. The van der Waals surface area contributed by atoms with E-state index in [9.17, 15) is 0 Å². The Morgan fingerprint density at radius 1 is 1.43 bits per heavy atom. The van der Waals surface area contributed by atoms with Crippen LogP contribution in [0.5, 0.6) is 0 Å². The van der Waals surface area contributed by atoms with E-state index < -0.39 is 0 Å². The summed E-state index contributed by atoms with van der Waals surface area (Å²) in [5, 5.41) is 0. The standard InChI is InChI=1S/C10H9NS3/c1-2-7-12-14-10-11-8-5-3-4-6-9(8)13-10/h2-6H,1,7H2. The molecule has 0 unspecified atom stereocenters. The van der Waals surface area contributed by atoms with Crippen LogP contribution in [0, 0.1) is 0 Å². The molecule has 2 rings (SSSR count). The SMILES string of the molecule is C=CCSSc1nc2ccccc2s1. The Balaban J connectivity index is 2.14. The smallest absolute Gasteiger partial charge is 0.161 e. The molecule has 1 aromatic heterocycles. The maximum Gasteiger partial charge on any atom is 0.161 e. The molecule has 0 saturated carbocycles. The average Bonchev–Trinajstić information content (AvgIpc) is 2.60. The van der Waals surface area contributed by atoms with Crippen LogP contribution in [0.2, 0.25) is 0 Å². The lowest BCUT2D eigenvalue weighted by atomic mass is 10.3. The van der Waals surface area contributed by atoms with Crippen molar-refractivity contribution >= 4 is 43.1 Å². The number of benzene rings is 1. The molecule has 0 bridgehead atoms. The summed E-state index contributed by atoms with van der Waals surface area (Å²) in [5.74, 6) is 0.959. The summed E-state index contributed by atoms with van der Waals surface area (Å²) in [7, 11) is 3.49. The molecule has 72 valence electrons. The lowest BCUT2D eigenvalue weighted by Gasteiger charge is -1.89. The number of hydrogen-bond acceptors (Lipinski definition) is 4. The van der Waals surface area contributed by atoms with E-state index in [1.807, 2.05) is 24.3 Å². The Hall–Kier alpha value is -0.450. The summed E-state index contributed by atoms with van der Waals surface area (Å²) < 4.78 is 2.38. The molecule has 14 heavy (non-hydrogen) atoms. The molecule has 4 heteroatoms. The molecule has 0 radical (unpaired) electrons. The van der Waals surface area contributed by atoms with Crippen LogP contribution in [-0.4, -0.2) is 10.7 Å². The van der Waals surface area contributed by atoms with E-state index in [4.69, 9.17) is 0 Å². The molecule has 0 spiro atoms. The summed E-state index contributed by atoms with van der Waals surface area (Å²) in [5.41, 5.74) is 1.10. The van der Waals surface area contributed by atoms with Crippen LogP contribution >= 0.6 is 32.9 Å². The summed E-state index contributed by atoms with van der Waals surface area (Å²) in [6, 6.07) is 8.22. The van der Waals surface area contributed by atoms with Crippen LogP contribution in [-0.2, 0) is 0 Å². The number of fused-ring (bicyclic) bond motifs is 1.